The van der Waals surface area contributed by atoms with Crippen LogP contribution in [0.1, 0.15) is 38.7 Å². The standard InChI is InChI=1S/C19H24N2O2S/c1-4-7-18-15(5-2)16-8-6-9-17(19(16)24(18,22)23)20-14-10-12-21(3)13-11-14/h6,8-9,14,20H,5,10-13H2,1-3H3. The van der Waals surface area contributed by atoms with Gasteiger partial charge < -0.3 is 10.2 Å². The molecule has 1 aromatic carbocycles. The van der Waals surface area contributed by atoms with Crippen LogP contribution in [-0.4, -0.2) is 39.5 Å². The number of anilines is 1. The Bertz CT molecular complexity index is 836. The van der Waals surface area contributed by atoms with Crippen LogP contribution in [-0.2, 0) is 9.84 Å². The summed E-state index contributed by atoms with van der Waals surface area (Å²) < 4.78 is 26.1. The summed E-state index contributed by atoms with van der Waals surface area (Å²) in [5.41, 5.74) is 2.38. The molecule has 1 aromatic rings. The van der Waals surface area contributed by atoms with Crippen LogP contribution in [0.5, 0.6) is 0 Å². The van der Waals surface area contributed by atoms with E-state index in [9.17, 15) is 8.42 Å². The highest BCUT2D eigenvalue weighted by atomic mass is 32.2. The summed E-state index contributed by atoms with van der Waals surface area (Å²) in [5.74, 6) is 5.58. The fourth-order valence-corrected chi connectivity index (χ4v) is 5.46. The average Bonchev–Trinajstić information content (AvgIpc) is 2.78. The molecular weight excluding hydrogens is 320 g/mol. The minimum atomic E-state index is -3.53. The number of nitrogens with zero attached hydrogens (tertiary/aromatic N) is 1. The molecule has 0 radical (unpaired) electrons. The third-order valence-corrected chi connectivity index (χ3v) is 6.69. The van der Waals surface area contributed by atoms with Gasteiger partial charge in [0.1, 0.15) is 9.80 Å². The number of fused-ring (bicyclic) bond motifs is 1. The van der Waals surface area contributed by atoms with Gasteiger partial charge in [0.25, 0.3) is 0 Å². The second-order valence-electron chi connectivity index (χ2n) is 6.44. The van der Waals surface area contributed by atoms with Crippen molar-refractivity contribution in [2.24, 2.45) is 0 Å². The van der Waals surface area contributed by atoms with E-state index >= 15 is 0 Å². The maximum absolute atomic E-state index is 13.0. The van der Waals surface area contributed by atoms with Crippen molar-refractivity contribution >= 4 is 21.1 Å². The molecule has 2 aliphatic rings. The summed E-state index contributed by atoms with van der Waals surface area (Å²) in [7, 11) is -1.41. The summed E-state index contributed by atoms with van der Waals surface area (Å²) >= 11 is 0. The van der Waals surface area contributed by atoms with Crippen molar-refractivity contribution in [2.75, 3.05) is 25.5 Å². The van der Waals surface area contributed by atoms with Crippen molar-refractivity contribution in [3.8, 4) is 11.8 Å². The predicted octanol–water partition coefficient (Wildman–Crippen LogP) is 3.12. The van der Waals surface area contributed by atoms with E-state index in [1.807, 2.05) is 25.1 Å². The van der Waals surface area contributed by atoms with Gasteiger partial charge in [0.15, 0.2) is 0 Å². The Morgan fingerprint density at radius 2 is 2.00 bits per heavy atom. The van der Waals surface area contributed by atoms with E-state index in [0.717, 1.165) is 42.8 Å². The van der Waals surface area contributed by atoms with E-state index in [1.165, 1.54) is 0 Å². The topological polar surface area (TPSA) is 49.4 Å². The fourth-order valence-electron chi connectivity index (χ4n) is 3.54. The minimum Gasteiger partial charge on any atom is -0.381 e. The monoisotopic (exact) mass is 344 g/mol. The highest BCUT2D eigenvalue weighted by Gasteiger charge is 2.36. The molecule has 24 heavy (non-hydrogen) atoms. The lowest BCUT2D eigenvalue weighted by atomic mass is 10.0. The Morgan fingerprint density at radius 1 is 1.29 bits per heavy atom. The van der Waals surface area contributed by atoms with Crippen molar-refractivity contribution in [1.29, 1.82) is 0 Å². The van der Waals surface area contributed by atoms with E-state index in [-0.39, 0.29) is 4.91 Å². The Labute approximate surface area is 144 Å². The van der Waals surface area contributed by atoms with Crippen molar-refractivity contribution in [3.05, 3.63) is 28.7 Å². The number of hydrogen-bond acceptors (Lipinski definition) is 4. The molecule has 2 aliphatic heterocycles. The quantitative estimate of drug-likeness (QED) is 0.856. The zero-order valence-corrected chi connectivity index (χ0v) is 15.3. The van der Waals surface area contributed by atoms with Crippen LogP contribution in [0.3, 0.4) is 0 Å². The molecule has 0 spiro atoms. The first kappa shape index (κ1) is 17.1. The fraction of sp³-hybridized carbons (Fsp3) is 0.474. The number of nitrogens with one attached hydrogen (secondary N) is 1. The number of sulfone groups is 1. The Kier molecular flexibility index (Phi) is 4.71. The van der Waals surface area contributed by atoms with E-state index < -0.39 is 9.84 Å². The number of piperidine rings is 1. The van der Waals surface area contributed by atoms with Crippen molar-refractivity contribution < 1.29 is 8.42 Å². The molecule has 1 saturated heterocycles. The first-order valence-corrected chi connectivity index (χ1v) is 9.96. The highest BCUT2D eigenvalue weighted by Crippen LogP contribution is 2.44. The third kappa shape index (κ3) is 2.85. The SMILES string of the molecule is CC#CC1=C(CC)c2cccc(NC3CCN(C)CC3)c2S1(=O)=O. The van der Waals surface area contributed by atoms with Gasteiger partial charge in [-0.3, -0.25) is 0 Å². The van der Waals surface area contributed by atoms with Crippen LogP contribution in [0.2, 0.25) is 0 Å². The predicted molar refractivity (Wildman–Crippen MR) is 98.4 cm³/mol. The Hall–Kier alpha value is -1.77. The van der Waals surface area contributed by atoms with Gasteiger partial charge in [-0.2, -0.15) is 0 Å². The lowest BCUT2D eigenvalue weighted by Crippen LogP contribution is -2.36. The number of benzene rings is 1. The number of allylic oxidation sites excluding steroid dienone is 2. The molecule has 5 heteroatoms. The van der Waals surface area contributed by atoms with Gasteiger partial charge in [-0.05, 0) is 58.0 Å². The van der Waals surface area contributed by atoms with Crippen LogP contribution >= 0.6 is 0 Å². The van der Waals surface area contributed by atoms with Crippen molar-refractivity contribution in [2.45, 2.75) is 44.0 Å². The normalized spacial score (nSPS) is 20.5. The summed E-state index contributed by atoms with van der Waals surface area (Å²) in [6, 6.07) is 6.03. The molecule has 0 aromatic heterocycles. The summed E-state index contributed by atoms with van der Waals surface area (Å²) in [4.78, 5) is 2.99. The second-order valence-corrected chi connectivity index (χ2v) is 8.27. The maximum atomic E-state index is 13.0. The largest absolute Gasteiger partial charge is 0.381 e. The molecular formula is C19H24N2O2S. The lowest BCUT2D eigenvalue weighted by molar-refractivity contribution is 0.264. The van der Waals surface area contributed by atoms with Gasteiger partial charge in [0.2, 0.25) is 9.84 Å². The summed E-state index contributed by atoms with van der Waals surface area (Å²) in [6.45, 7) is 5.72. The van der Waals surface area contributed by atoms with Gasteiger partial charge >= 0.3 is 0 Å². The van der Waals surface area contributed by atoms with Crippen LogP contribution in [0.4, 0.5) is 5.69 Å². The minimum absolute atomic E-state index is 0.278. The summed E-state index contributed by atoms with van der Waals surface area (Å²) in [6.07, 6.45) is 2.71. The van der Waals surface area contributed by atoms with E-state index in [4.69, 9.17) is 0 Å². The molecule has 4 nitrogen and oxygen atoms in total. The lowest BCUT2D eigenvalue weighted by Gasteiger charge is -2.30. The molecule has 1 fully saturated rings. The molecule has 0 bridgehead atoms. The molecule has 0 unspecified atom stereocenters. The van der Waals surface area contributed by atoms with Crippen LogP contribution in [0.15, 0.2) is 28.0 Å². The number of hydrogen-bond donors (Lipinski definition) is 1. The molecule has 0 saturated carbocycles. The van der Waals surface area contributed by atoms with Gasteiger partial charge in [0, 0.05) is 11.6 Å². The number of likely N-dealkylation sites (tertiary alicyclic amines) is 1. The molecule has 1 N–H and O–H groups in total. The van der Waals surface area contributed by atoms with Crippen molar-refractivity contribution in [1.82, 2.24) is 4.90 Å². The van der Waals surface area contributed by atoms with E-state index in [0.29, 0.717) is 17.4 Å². The smallest absolute Gasteiger partial charge is 0.217 e. The molecule has 0 amide bonds. The van der Waals surface area contributed by atoms with Gasteiger partial charge in [0.05, 0.1) is 5.69 Å². The van der Waals surface area contributed by atoms with Gasteiger partial charge in [-0.1, -0.05) is 25.0 Å². The van der Waals surface area contributed by atoms with E-state index in [1.54, 1.807) is 6.92 Å². The maximum Gasteiger partial charge on any atom is 0.217 e. The third-order valence-electron chi connectivity index (χ3n) is 4.82. The van der Waals surface area contributed by atoms with Gasteiger partial charge in [-0.15, -0.1) is 5.92 Å². The van der Waals surface area contributed by atoms with Crippen LogP contribution in [0.25, 0.3) is 5.57 Å². The highest BCUT2D eigenvalue weighted by molar-refractivity contribution is 7.96. The second kappa shape index (κ2) is 6.62. The van der Waals surface area contributed by atoms with Crippen LogP contribution in [0, 0.1) is 11.8 Å². The molecule has 3 rings (SSSR count). The number of rotatable bonds is 3. The molecule has 0 atom stereocenters. The Morgan fingerprint density at radius 3 is 2.62 bits per heavy atom. The zero-order chi connectivity index (χ0) is 17.3. The molecule has 128 valence electrons. The van der Waals surface area contributed by atoms with Crippen LogP contribution < -0.4 is 5.32 Å². The summed E-state index contributed by atoms with van der Waals surface area (Å²) in [5, 5.41) is 3.48. The molecule has 0 aliphatic carbocycles. The first-order valence-electron chi connectivity index (χ1n) is 8.48. The van der Waals surface area contributed by atoms with E-state index in [2.05, 4.69) is 29.1 Å². The molecule has 2 heterocycles. The van der Waals surface area contributed by atoms with Crippen molar-refractivity contribution in [3.63, 3.8) is 0 Å². The first-order chi connectivity index (χ1) is 11.5. The zero-order valence-electron chi connectivity index (χ0n) is 14.5. The van der Waals surface area contributed by atoms with Gasteiger partial charge in [-0.25, -0.2) is 8.42 Å². The Balaban J connectivity index is 2.01. The average molecular weight is 344 g/mol.